The van der Waals surface area contributed by atoms with Crippen LogP contribution in [0.1, 0.15) is 13.3 Å². The van der Waals surface area contributed by atoms with Crippen LogP contribution in [0.3, 0.4) is 0 Å². The molecule has 0 spiro atoms. The zero-order chi connectivity index (χ0) is 11.7. The lowest BCUT2D eigenvalue weighted by molar-refractivity contribution is 0.118. The minimum Gasteiger partial charge on any atom is -0.376 e. The maximum Gasteiger partial charge on any atom is 0.147 e. The number of rotatable bonds is 2. The van der Waals surface area contributed by atoms with Crippen LogP contribution < -0.4 is 4.90 Å². The fourth-order valence-corrected chi connectivity index (χ4v) is 2.82. The van der Waals surface area contributed by atoms with E-state index in [0.29, 0.717) is 11.1 Å². The Kier molecular flexibility index (Phi) is 3.72. The second kappa shape index (κ2) is 4.90. The van der Waals surface area contributed by atoms with Gasteiger partial charge < -0.3 is 9.64 Å². The molecular formula is C11H14BrClN2O. The Morgan fingerprint density at radius 3 is 2.94 bits per heavy atom. The van der Waals surface area contributed by atoms with E-state index in [4.69, 9.17) is 16.3 Å². The number of pyridine rings is 1. The molecule has 0 saturated carbocycles. The molecule has 1 saturated heterocycles. The summed E-state index contributed by atoms with van der Waals surface area (Å²) in [7, 11) is 2.01. The molecule has 2 rings (SSSR count). The zero-order valence-electron chi connectivity index (χ0n) is 9.28. The topological polar surface area (TPSA) is 25.4 Å². The van der Waals surface area contributed by atoms with Gasteiger partial charge in [0.25, 0.3) is 0 Å². The van der Waals surface area contributed by atoms with E-state index in [1.807, 2.05) is 13.1 Å². The van der Waals surface area contributed by atoms with Crippen LogP contribution in [0, 0.1) is 0 Å². The number of aromatic nitrogens is 1. The first-order valence-corrected chi connectivity index (χ1v) is 6.42. The molecule has 2 heterocycles. The normalized spacial score (nSPS) is 24.8. The average molecular weight is 306 g/mol. The molecule has 0 aliphatic carbocycles. The fourth-order valence-electron chi connectivity index (χ4n) is 2.05. The number of anilines is 1. The Morgan fingerprint density at radius 1 is 1.62 bits per heavy atom. The average Bonchev–Trinajstić information content (AvgIpc) is 2.63. The molecule has 0 radical (unpaired) electrons. The third kappa shape index (κ3) is 2.34. The predicted molar refractivity (Wildman–Crippen MR) is 69.2 cm³/mol. The molecule has 0 amide bonds. The van der Waals surface area contributed by atoms with Gasteiger partial charge in [-0.15, -0.1) is 0 Å². The molecule has 1 aromatic rings. The summed E-state index contributed by atoms with van der Waals surface area (Å²) in [6.45, 7) is 2.89. The van der Waals surface area contributed by atoms with E-state index < -0.39 is 0 Å². The Balaban J connectivity index is 2.23. The minimum atomic E-state index is 0.228. The number of nitrogens with zero attached hydrogens (tertiary/aromatic N) is 2. The highest BCUT2D eigenvalue weighted by Crippen LogP contribution is 2.29. The summed E-state index contributed by atoms with van der Waals surface area (Å²) in [4.78, 5) is 6.45. The van der Waals surface area contributed by atoms with Gasteiger partial charge in [-0.2, -0.15) is 0 Å². The smallest absolute Gasteiger partial charge is 0.147 e. The van der Waals surface area contributed by atoms with Gasteiger partial charge in [0.1, 0.15) is 5.82 Å². The van der Waals surface area contributed by atoms with Gasteiger partial charge in [-0.05, 0) is 35.3 Å². The van der Waals surface area contributed by atoms with Crippen LogP contribution in [-0.4, -0.2) is 30.8 Å². The molecule has 2 atom stereocenters. The monoisotopic (exact) mass is 304 g/mol. The van der Waals surface area contributed by atoms with Crippen molar-refractivity contribution in [3.63, 3.8) is 0 Å². The lowest BCUT2D eigenvalue weighted by Gasteiger charge is -2.28. The molecule has 5 heteroatoms. The molecule has 1 fully saturated rings. The summed E-state index contributed by atoms with van der Waals surface area (Å²) < 4.78 is 6.44. The minimum absolute atomic E-state index is 0.228. The molecule has 88 valence electrons. The molecule has 3 nitrogen and oxygen atoms in total. The second-order valence-electron chi connectivity index (χ2n) is 4.00. The third-order valence-electron chi connectivity index (χ3n) is 2.96. The van der Waals surface area contributed by atoms with Gasteiger partial charge in [-0.25, -0.2) is 4.98 Å². The highest BCUT2D eigenvalue weighted by atomic mass is 79.9. The standard InChI is InChI=1S/C11H14BrClN2O/c1-7-10(3-4-16-7)15(2)11-9(13)5-8(12)6-14-11/h5-7,10H,3-4H2,1-2H3. The number of halogens is 2. The Bertz CT molecular complexity index is 388. The van der Waals surface area contributed by atoms with Crippen molar-refractivity contribution in [3.8, 4) is 0 Å². The highest BCUT2D eigenvalue weighted by Gasteiger charge is 2.29. The van der Waals surface area contributed by atoms with Gasteiger partial charge in [0, 0.05) is 24.3 Å². The maximum atomic E-state index is 6.18. The predicted octanol–water partition coefficient (Wildman–Crippen LogP) is 3.11. The molecule has 1 aliphatic rings. The molecule has 0 bridgehead atoms. The van der Waals surface area contributed by atoms with Gasteiger partial charge >= 0.3 is 0 Å². The lowest BCUT2D eigenvalue weighted by atomic mass is 10.1. The van der Waals surface area contributed by atoms with Crippen LogP contribution in [0.25, 0.3) is 0 Å². The summed E-state index contributed by atoms with van der Waals surface area (Å²) in [5.41, 5.74) is 0. The number of ether oxygens (including phenoxy) is 1. The van der Waals surface area contributed by atoms with Crippen LogP contribution in [0.4, 0.5) is 5.82 Å². The van der Waals surface area contributed by atoms with E-state index in [9.17, 15) is 0 Å². The van der Waals surface area contributed by atoms with Crippen molar-refractivity contribution in [2.24, 2.45) is 0 Å². The molecular weight excluding hydrogens is 291 g/mol. The van der Waals surface area contributed by atoms with Gasteiger partial charge in [0.05, 0.1) is 17.2 Å². The Morgan fingerprint density at radius 2 is 2.38 bits per heavy atom. The quantitative estimate of drug-likeness (QED) is 0.839. The Labute approximate surface area is 109 Å². The van der Waals surface area contributed by atoms with Crippen molar-refractivity contribution in [2.45, 2.75) is 25.5 Å². The van der Waals surface area contributed by atoms with E-state index in [0.717, 1.165) is 23.3 Å². The first kappa shape index (κ1) is 12.1. The van der Waals surface area contributed by atoms with E-state index >= 15 is 0 Å². The van der Waals surface area contributed by atoms with Crippen LogP contribution in [0.15, 0.2) is 16.7 Å². The summed E-state index contributed by atoms with van der Waals surface area (Å²) in [6.07, 6.45) is 3.01. The van der Waals surface area contributed by atoms with E-state index in [2.05, 4.69) is 32.7 Å². The van der Waals surface area contributed by atoms with E-state index in [-0.39, 0.29) is 6.10 Å². The largest absolute Gasteiger partial charge is 0.376 e. The second-order valence-corrected chi connectivity index (χ2v) is 5.32. The van der Waals surface area contributed by atoms with Crippen LogP contribution in [0.2, 0.25) is 5.02 Å². The molecule has 16 heavy (non-hydrogen) atoms. The summed E-state index contributed by atoms with van der Waals surface area (Å²) >= 11 is 9.53. The van der Waals surface area contributed by atoms with Crippen LogP contribution >= 0.6 is 27.5 Å². The van der Waals surface area contributed by atoms with Gasteiger partial charge in [-0.1, -0.05) is 11.6 Å². The molecule has 1 aliphatic heterocycles. The summed E-state index contributed by atoms with van der Waals surface area (Å²) in [6, 6.07) is 2.21. The first-order chi connectivity index (χ1) is 7.59. The van der Waals surface area contributed by atoms with Crippen molar-refractivity contribution < 1.29 is 4.74 Å². The zero-order valence-corrected chi connectivity index (χ0v) is 11.6. The summed E-state index contributed by atoms with van der Waals surface area (Å²) in [5.74, 6) is 0.812. The lowest BCUT2D eigenvalue weighted by Crippen LogP contribution is -2.37. The molecule has 0 N–H and O–H groups in total. The maximum absolute atomic E-state index is 6.18. The van der Waals surface area contributed by atoms with Gasteiger partial charge in [0.15, 0.2) is 0 Å². The first-order valence-electron chi connectivity index (χ1n) is 5.25. The molecule has 0 aromatic carbocycles. The van der Waals surface area contributed by atoms with E-state index in [1.54, 1.807) is 6.20 Å². The molecule has 1 aromatic heterocycles. The third-order valence-corrected chi connectivity index (χ3v) is 3.67. The van der Waals surface area contributed by atoms with Crippen LogP contribution in [-0.2, 0) is 4.74 Å². The molecule has 2 unspecified atom stereocenters. The van der Waals surface area contributed by atoms with Gasteiger partial charge in [0.2, 0.25) is 0 Å². The highest BCUT2D eigenvalue weighted by molar-refractivity contribution is 9.10. The van der Waals surface area contributed by atoms with Gasteiger partial charge in [-0.3, -0.25) is 0 Å². The fraction of sp³-hybridized carbons (Fsp3) is 0.545. The van der Waals surface area contributed by atoms with Crippen molar-refractivity contribution in [3.05, 3.63) is 21.8 Å². The van der Waals surface area contributed by atoms with E-state index in [1.165, 1.54) is 0 Å². The summed E-state index contributed by atoms with van der Waals surface area (Å²) in [5, 5.41) is 0.663. The number of likely N-dealkylation sites (N-methyl/N-ethyl adjacent to an activating group) is 1. The SMILES string of the molecule is CC1OCCC1N(C)c1ncc(Br)cc1Cl. The van der Waals surface area contributed by atoms with Crippen molar-refractivity contribution in [1.82, 2.24) is 4.98 Å². The van der Waals surface area contributed by atoms with Crippen molar-refractivity contribution >= 4 is 33.3 Å². The van der Waals surface area contributed by atoms with Crippen molar-refractivity contribution in [2.75, 3.05) is 18.6 Å². The number of hydrogen-bond donors (Lipinski definition) is 0. The van der Waals surface area contributed by atoms with Crippen molar-refractivity contribution in [1.29, 1.82) is 0 Å². The van der Waals surface area contributed by atoms with Crippen LogP contribution in [0.5, 0.6) is 0 Å². The Hall–Kier alpha value is -0.320. The number of hydrogen-bond acceptors (Lipinski definition) is 3.